The lowest BCUT2D eigenvalue weighted by molar-refractivity contribution is -0.0628. The van der Waals surface area contributed by atoms with Crippen LogP contribution in [0.15, 0.2) is 18.3 Å². The molecular weight excluding hydrogens is 268 g/mol. The van der Waals surface area contributed by atoms with E-state index in [0.717, 1.165) is 31.0 Å². The number of hydrogen-bond donors (Lipinski definition) is 1. The van der Waals surface area contributed by atoms with E-state index in [2.05, 4.69) is 10.3 Å². The molecule has 0 amide bonds. The predicted molar refractivity (Wildman–Crippen MR) is 76.5 cm³/mol. The SMILES string of the molecule is Clc1cccnc1N[C@H]1CCO[C@@]2(CCSC2)C1. The molecule has 2 aliphatic rings. The summed E-state index contributed by atoms with van der Waals surface area (Å²) in [6.07, 6.45) is 5.03. The summed E-state index contributed by atoms with van der Waals surface area (Å²) < 4.78 is 6.01. The fourth-order valence-corrected chi connectivity index (χ4v) is 4.25. The zero-order valence-corrected chi connectivity index (χ0v) is 11.8. The lowest BCUT2D eigenvalue weighted by atomic mass is 9.90. The molecule has 18 heavy (non-hydrogen) atoms. The average molecular weight is 285 g/mol. The molecule has 2 saturated heterocycles. The summed E-state index contributed by atoms with van der Waals surface area (Å²) >= 11 is 8.13. The smallest absolute Gasteiger partial charge is 0.144 e. The van der Waals surface area contributed by atoms with Gasteiger partial charge in [-0.2, -0.15) is 11.8 Å². The van der Waals surface area contributed by atoms with Gasteiger partial charge in [0.2, 0.25) is 0 Å². The zero-order valence-electron chi connectivity index (χ0n) is 10.2. The number of nitrogens with zero attached hydrogens (tertiary/aromatic N) is 1. The van der Waals surface area contributed by atoms with Gasteiger partial charge >= 0.3 is 0 Å². The molecule has 3 heterocycles. The second kappa shape index (κ2) is 5.27. The molecule has 0 saturated carbocycles. The van der Waals surface area contributed by atoms with Gasteiger partial charge in [0.05, 0.1) is 10.6 Å². The Morgan fingerprint density at radius 3 is 3.28 bits per heavy atom. The minimum absolute atomic E-state index is 0.0990. The third kappa shape index (κ3) is 2.60. The molecule has 1 aromatic heterocycles. The monoisotopic (exact) mass is 284 g/mol. The molecule has 2 fully saturated rings. The second-order valence-corrected chi connectivity index (χ2v) is 6.51. The van der Waals surface area contributed by atoms with E-state index in [1.807, 2.05) is 23.9 Å². The molecule has 1 aromatic rings. The maximum atomic E-state index is 6.13. The van der Waals surface area contributed by atoms with Crippen molar-refractivity contribution in [1.82, 2.24) is 4.98 Å². The largest absolute Gasteiger partial charge is 0.374 e. The molecule has 5 heteroatoms. The van der Waals surface area contributed by atoms with E-state index in [1.54, 1.807) is 6.20 Å². The lowest BCUT2D eigenvalue weighted by Gasteiger charge is -2.38. The summed E-state index contributed by atoms with van der Waals surface area (Å²) in [5.74, 6) is 3.14. The van der Waals surface area contributed by atoms with Crippen LogP contribution in [0, 0.1) is 0 Å². The zero-order chi connectivity index (χ0) is 12.4. The van der Waals surface area contributed by atoms with Crippen LogP contribution >= 0.6 is 23.4 Å². The number of pyridine rings is 1. The number of hydrogen-bond acceptors (Lipinski definition) is 4. The highest BCUT2D eigenvalue weighted by molar-refractivity contribution is 7.99. The highest BCUT2D eigenvalue weighted by Crippen LogP contribution is 2.39. The Morgan fingerprint density at radius 2 is 2.50 bits per heavy atom. The first-order valence-electron chi connectivity index (χ1n) is 6.36. The summed E-state index contributed by atoms with van der Waals surface area (Å²) in [5, 5.41) is 4.16. The first-order chi connectivity index (χ1) is 8.77. The fourth-order valence-electron chi connectivity index (χ4n) is 2.70. The van der Waals surface area contributed by atoms with Gasteiger partial charge < -0.3 is 10.1 Å². The van der Waals surface area contributed by atoms with Crippen LogP contribution in [-0.2, 0) is 4.74 Å². The van der Waals surface area contributed by atoms with E-state index in [-0.39, 0.29) is 5.60 Å². The molecule has 2 atom stereocenters. The van der Waals surface area contributed by atoms with Crippen LogP contribution in [0.4, 0.5) is 5.82 Å². The number of anilines is 1. The number of nitrogens with one attached hydrogen (secondary N) is 1. The van der Waals surface area contributed by atoms with Gasteiger partial charge in [0.15, 0.2) is 0 Å². The quantitative estimate of drug-likeness (QED) is 0.904. The van der Waals surface area contributed by atoms with E-state index in [4.69, 9.17) is 16.3 Å². The van der Waals surface area contributed by atoms with Crippen LogP contribution in [0.1, 0.15) is 19.3 Å². The molecule has 0 unspecified atom stereocenters. The summed E-state index contributed by atoms with van der Waals surface area (Å²) in [6.45, 7) is 0.836. The van der Waals surface area contributed by atoms with Crippen molar-refractivity contribution in [3.8, 4) is 0 Å². The number of ether oxygens (including phenoxy) is 1. The van der Waals surface area contributed by atoms with Crippen LogP contribution in [-0.4, -0.2) is 34.7 Å². The highest BCUT2D eigenvalue weighted by Gasteiger charge is 2.40. The van der Waals surface area contributed by atoms with Crippen molar-refractivity contribution < 1.29 is 4.74 Å². The first-order valence-corrected chi connectivity index (χ1v) is 7.89. The molecule has 1 N–H and O–H groups in total. The molecular formula is C13H17ClN2OS. The number of rotatable bonds is 2. The highest BCUT2D eigenvalue weighted by atomic mass is 35.5. The average Bonchev–Trinajstić information content (AvgIpc) is 2.80. The number of aromatic nitrogens is 1. The van der Waals surface area contributed by atoms with Gasteiger partial charge in [-0.3, -0.25) is 0 Å². The van der Waals surface area contributed by atoms with Gasteiger partial charge in [-0.05, 0) is 37.1 Å². The van der Waals surface area contributed by atoms with Gasteiger partial charge in [0, 0.05) is 24.6 Å². The molecule has 2 aliphatic heterocycles. The topological polar surface area (TPSA) is 34.2 Å². The van der Waals surface area contributed by atoms with Gasteiger partial charge in [-0.15, -0.1) is 0 Å². The Bertz CT molecular complexity index is 423. The summed E-state index contributed by atoms with van der Waals surface area (Å²) in [6, 6.07) is 4.15. The van der Waals surface area contributed by atoms with E-state index in [0.29, 0.717) is 11.1 Å². The van der Waals surface area contributed by atoms with Crippen molar-refractivity contribution in [3.05, 3.63) is 23.4 Å². The van der Waals surface area contributed by atoms with Gasteiger partial charge in [0.1, 0.15) is 5.82 Å². The maximum Gasteiger partial charge on any atom is 0.144 e. The predicted octanol–water partition coefficient (Wildman–Crippen LogP) is 3.20. The molecule has 0 bridgehead atoms. The Labute approximate surface area is 117 Å². The Morgan fingerprint density at radius 1 is 1.56 bits per heavy atom. The normalized spacial score (nSPS) is 31.7. The third-order valence-corrected chi connectivity index (χ3v) is 5.19. The Hall–Kier alpha value is -0.450. The fraction of sp³-hybridized carbons (Fsp3) is 0.615. The summed E-state index contributed by atoms with van der Waals surface area (Å²) in [4.78, 5) is 4.30. The standard InChI is InChI=1S/C13H17ClN2OS/c14-11-2-1-5-15-12(11)16-10-3-6-17-13(8-10)4-7-18-9-13/h1-2,5,10H,3-4,6-9H2,(H,15,16)/t10-,13-/m0/s1. The van der Waals surface area contributed by atoms with Gasteiger partial charge in [0.25, 0.3) is 0 Å². The Balaban J connectivity index is 1.68. The van der Waals surface area contributed by atoms with E-state index < -0.39 is 0 Å². The van der Waals surface area contributed by atoms with Crippen LogP contribution in [0.5, 0.6) is 0 Å². The van der Waals surface area contributed by atoms with Gasteiger partial charge in [-0.25, -0.2) is 4.98 Å². The third-order valence-electron chi connectivity index (χ3n) is 3.66. The Kier molecular flexibility index (Phi) is 3.68. The molecule has 98 valence electrons. The van der Waals surface area contributed by atoms with E-state index in [9.17, 15) is 0 Å². The van der Waals surface area contributed by atoms with E-state index in [1.165, 1.54) is 12.2 Å². The van der Waals surface area contributed by atoms with Crippen molar-refractivity contribution in [3.63, 3.8) is 0 Å². The van der Waals surface area contributed by atoms with Crippen LogP contribution in [0.25, 0.3) is 0 Å². The molecule has 3 nitrogen and oxygen atoms in total. The number of halogens is 1. The molecule has 3 rings (SSSR count). The van der Waals surface area contributed by atoms with Crippen molar-refractivity contribution >= 4 is 29.2 Å². The first kappa shape index (κ1) is 12.6. The van der Waals surface area contributed by atoms with Gasteiger partial charge in [-0.1, -0.05) is 11.6 Å². The maximum absolute atomic E-state index is 6.13. The minimum atomic E-state index is 0.0990. The molecule has 0 radical (unpaired) electrons. The minimum Gasteiger partial charge on any atom is -0.374 e. The lowest BCUT2D eigenvalue weighted by Crippen LogP contribution is -2.44. The summed E-state index contributed by atoms with van der Waals surface area (Å²) in [7, 11) is 0. The molecule has 0 aromatic carbocycles. The van der Waals surface area contributed by atoms with Crippen molar-refractivity contribution in [1.29, 1.82) is 0 Å². The number of thioether (sulfide) groups is 1. The van der Waals surface area contributed by atoms with Crippen molar-refractivity contribution in [2.75, 3.05) is 23.4 Å². The van der Waals surface area contributed by atoms with E-state index >= 15 is 0 Å². The molecule has 0 aliphatic carbocycles. The van der Waals surface area contributed by atoms with Crippen LogP contribution in [0.3, 0.4) is 0 Å². The van der Waals surface area contributed by atoms with Crippen molar-refractivity contribution in [2.45, 2.75) is 30.9 Å². The van der Waals surface area contributed by atoms with Crippen LogP contribution < -0.4 is 5.32 Å². The second-order valence-electron chi connectivity index (χ2n) is 5.00. The van der Waals surface area contributed by atoms with Crippen molar-refractivity contribution in [2.24, 2.45) is 0 Å². The summed E-state index contributed by atoms with van der Waals surface area (Å²) in [5.41, 5.74) is 0.0990. The van der Waals surface area contributed by atoms with Crippen LogP contribution in [0.2, 0.25) is 5.02 Å². The molecule has 1 spiro atoms.